The Morgan fingerprint density at radius 1 is 0.611 bits per heavy atom. The summed E-state index contributed by atoms with van der Waals surface area (Å²) < 4.78 is 5.68. The number of carbonyl (C=O) groups is 5. The predicted molar refractivity (Wildman–Crippen MR) is 205 cm³/mol. The first-order valence-electron chi connectivity index (χ1n) is 17.6. The fraction of sp³-hybridized carbons (Fsp3) is 0.214. The van der Waals surface area contributed by atoms with Gasteiger partial charge in [0.1, 0.15) is 29.9 Å². The lowest BCUT2D eigenvalue weighted by Crippen LogP contribution is -2.59. The van der Waals surface area contributed by atoms with Crippen molar-refractivity contribution < 1.29 is 33.8 Å². The number of carboxylic acid groups (broad SMARTS) is 1. The van der Waals surface area contributed by atoms with E-state index in [2.05, 4.69) is 21.3 Å². The standard InChI is InChI=1S/C42H40N4O7S/c47-38-26-53-32-19-15-29(16-20-32)24-37(42(51)52)46-40(49)34(22-27-8-3-1-4-9-27)44-39(48)35(45-41(50)36(43-38)25-33-12-7-21-54-33)23-28-13-17-31(18-14-28)30-10-5-2-6-11-30/h1-21,34-37H,22-26H2,(H,43,47)(H,44,48)(H,45,50)(H,46,49)(H,51,52)/t34-,35-,36-,37-/m0/s1. The van der Waals surface area contributed by atoms with Crippen molar-refractivity contribution in [1.82, 2.24) is 21.3 Å². The van der Waals surface area contributed by atoms with E-state index >= 15 is 0 Å². The molecule has 2 aliphatic rings. The molecule has 4 atom stereocenters. The van der Waals surface area contributed by atoms with Gasteiger partial charge in [-0.25, -0.2) is 4.79 Å². The lowest BCUT2D eigenvalue weighted by atomic mass is 9.99. The number of fused-ring (bicyclic) bond motifs is 16. The second-order valence-corrected chi connectivity index (χ2v) is 14.1. The molecule has 11 nitrogen and oxygen atoms in total. The highest BCUT2D eigenvalue weighted by molar-refractivity contribution is 7.09. The van der Waals surface area contributed by atoms with E-state index in [1.54, 1.807) is 48.5 Å². The van der Waals surface area contributed by atoms with Crippen molar-refractivity contribution in [3.05, 3.63) is 148 Å². The van der Waals surface area contributed by atoms with E-state index in [9.17, 15) is 29.1 Å². The van der Waals surface area contributed by atoms with E-state index in [4.69, 9.17) is 4.74 Å². The highest BCUT2D eigenvalue weighted by Crippen LogP contribution is 2.21. The molecule has 7 rings (SSSR count). The van der Waals surface area contributed by atoms with Crippen LogP contribution >= 0.6 is 11.3 Å². The van der Waals surface area contributed by atoms with Crippen molar-refractivity contribution in [2.45, 2.75) is 49.9 Å². The van der Waals surface area contributed by atoms with Gasteiger partial charge in [-0.3, -0.25) is 19.2 Å². The van der Waals surface area contributed by atoms with E-state index < -0.39 is 53.8 Å². The molecule has 2 bridgehead atoms. The Hall–Kier alpha value is -6.27. The minimum absolute atomic E-state index is 0.0457. The number of aliphatic carboxylic acids is 1. The van der Waals surface area contributed by atoms with Crippen LogP contribution in [0, 0.1) is 0 Å². The number of ether oxygens (including phenoxy) is 1. The highest BCUT2D eigenvalue weighted by Gasteiger charge is 2.32. The zero-order valence-electron chi connectivity index (χ0n) is 29.3. The summed E-state index contributed by atoms with van der Waals surface area (Å²) in [6.45, 7) is -0.389. The Morgan fingerprint density at radius 3 is 1.76 bits per heavy atom. The molecule has 0 saturated heterocycles. The van der Waals surface area contributed by atoms with Crippen LogP contribution < -0.4 is 26.0 Å². The first-order valence-corrected chi connectivity index (χ1v) is 18.4. The van der Waals surface area contributed by atoms with Gasteiger partial charge in [-0.15, -0.1) is 11.3 Å². The zero-order valence-corrected chi connectivity index (χ0v) is 30.1. The third-order valence-electron chi connectivity index (χ3n) is 9.03. The summed E-state index contributed by atoms with van der Waals surface area (Å²) in [6, 6.07) is 31.9. The summed E-state index contributed by atoms with van der Waals surface area (Å²) in [5, 5.41) is 23.0. The molecule has 0 unspecified atom stereocenters. The van der Waals surface area contributed by atoms with Crippen molar-refractivity contribution >= 4 is 40.9 Å². The topological polar surface area (TPSA) is 163 Å². The number of nitrogens with one attached hydrogen (secondary N) is 4. The largest absolute Gasteiger partial charge is 0.484 e. The van der Waals surface area contributed by atoms with Gasteiger partial charge in [-0.05, 0) is 51.4 Å². The lowest BCUT2D eigenvalue weighted by molar-refractivity contribution is -0.142. The average molecular weight is 745 g/mol. The van der Waals surface area contributed by atoms with Crippen LogP contribution in [0.1, 0.15) is 21.6 Å². The van der Waals surface area contributed by atoms with Crippen molar-refractivity contribution in [2.24, 2.45) is 0 Å². The number of rotatable bonds is 8. The number of carboxylic acids is 1. The summed E-state index contributed by atoms with van der Waals surface area (Å²) in [6.07, 6.45) is 0.233. The molecule has 54 heavy (non-hydrogen) atoms. The number of amides is 4. The van der Waals surface area contributed by atoms with Gasteiger partial charge in [-0.2, -0.15) is 0 Å². The summed E-state index contributed by atoms with van der Waals surface area (Å²) >= 11 is 1.43. The quantitative estimate of drug-likeness (QED) is 0.150. The Morgan fingerprint density at radius 2 is 1.17 bits per heavy atom. The fourth-order valence-corrected chi connectivity index (χ4v) is 6.92. The maximum atomic E-state index is 14.3. The fourth-order valence-electron chi connectivity index (χ4n) is 6.17. The molecule has 5 N–H and O–H groups in total. The van der Waals surface area contributed by atoms with E-state index in [0.717, 1.165) is 27.1 Å². The predicted octanol–water partition coefficient (Wildman–Crippen LogP) is 4.10. The van der Waals surface area contributed by atoms with Gasteiger partial charge < -0.3 is 31.1 Å². The van der Waals surface area contributed by atoms with Gasteiger partial charge in [0, 0.05) is 30.6 Å². The van der Waals surface area contributed by atoms with E-state index in [1.807, 2.05) is 78.2 Å². The van der Waals surface area contributed by atoms with Crippen molar-refractivity contribution in [3.8, 4) is 16.9 Å². The maximum Gasteiger partial charge on any atom is 0.326 e. The van der Waals surface area contributed by atoms with E-state index in [1.165, 1.54) is 11.3 Å². The molecule has 5 aromatic rings. The molecule has 2 aliphatic heterocycles. The van der Waals surface area contributed by atoms with Crippen LogP contribution in [-0.4, -0.2) is 65.5 Å². The van der Waals surface area contributed by atoms with E-state index in [0.29, 0.717) is 11.3 Å². The van der Waals surface area contributed by atoms with Crippen LogP contribution in [0.4, 0.5) is 0 Å². The number of hydrogen-bond donors (Lipinski definition) is 5. The second-order valence-electron chi connectivity index (χ2n) is 13.0. The molecular weight excluding hydrogens is 705 g/mol. The molecular formula is C42H40N4O7S. The van der Waals surface area contributed by atoms with Crippen LogP contribution in [0.5, 0.6) is 5.75 Å². The molecule has 4 amide bonds. The van der Waals surface area contributed by atoms with Crippen LogP contribution in [-0.2, 0) is 49.7 Å². The monoisotopic (exact) mass is 744 g/mol. The smallest absolute Gasteiger partial charge is 0.326 e. The first kappa shape index (κ1) is 37.5. The Kier molecular flexibility index (Phi) is 12.5. The summed E-state index contributed by atoms with van der Waals surface area (Å²) in [5.74, 6) is -3.39. The Bertz CT molecular complexity index is 2040. The van der Waals surface area contributed by atoms with Crippen LogP contribution in [0.15, 0.2) is 127 Å². The maximum absolute atomic E-state index is 14.3. The molecule has 0 fully saturated rings. The molecule has 0 spiro atoms. The van der Waals surface area contributed by atoms with Gasteiger partial charge in [0.2, 0.25) is 17.7 Å². The third kappa shape index (κ3) is 10.4. The summed E-state index contributed by atoms with van der Waals surface area (Å²) in [7, 11) is 0. The van der Waals surface area contributed by atoms with Crippen molar-refractivity contribution in [3.63, 3.8) is 0 Å². The number of benzene rings is 4. The van der Waals surface area contributed by atoms with Gasteiger partial charge in [0.25, 0.3) is 5.91 Å². The van der Waals surface area contributed by atoms with Crippen LogP contribution in [0.3, 0.4) is 0 Å². The molecule has 4 aromatic carbocycles. The van der Waals surface area contributed by atoms with Crippen molar-refractivity contribution in [1.29, 1.82) is 0 Å². The molecule has 0 saturated carbocycles. The molecule has 1 aromatic heterocycles. The molecule has 276 valence electrons. The van der Waals surface area contributed by atoms with Crippen LogP contribution in [0.25, 0.3) is 11.1 Å². The molecule has 3 heterocycles. The number of carbonyl (C=O) groups excluding carboxylic acids is 4. The van der Waals surface area contributed by atoms with E-state index in [-0.39, 0.29) is 32.3 Å². The van der Waals surface area contributed by atoms with Gasteiger partial charge in [0.15, 0.2) is 6.61 Å². The number of thiophene rings is 1. The van der Waals surface area contributed by atoms with Gasteiger partial charge in [-0.1, -0.05) is 103 Å². The number of hydrogen-bond acceptors (Lipinski definition) is 7. The SMILES string of the molecule is O=C1COc2ccc(cc2)C[C@@H](C(=O)O)NC(=O)[C@H](Cc2ccccc2)NC(=O)[C@H](Cc2ccc(-c3ccccc3)cc2)NC(=O)[C@H](Cc2cccs2)N1. The Labute approximate surface area is 316 Å². The van der Waals surface area contributed by atoms with Crippen LogP contribution in [0.2, 0.25) is 0 Å². The minimum Gasteiger partial charge on any atom is -0.484 e. The molecule has 0 radical (unpaired) electrons. The first-order chi connectivity index (χ1) is 26.2. The third-order valence-corrected chi connectivity index (χ3v) is 9.93. The average Bonchev–Trinajstić information content (AvgIpc) is 3.70. The minimum atomic E-state index is -1.32. The Balaban J connectivity index is 1.34. The second kappa shape index (κ2) is 18.0. The van der Waals surface area contributed by atoms with Gasteiger partial charge in [0.05, 0.1) is 0 Å². The summed E-state index contributed by atoms with van der Waals surface area (Å²) in [4.78, 5) is 68.6. The normalized spacial score (nSPS) is 19.9. The summed E-state index contributed by atoms with van der Waals surface area (Å²) in [5.41, 5.74) is 4.06. The lowest BCUT2D eigenvalue weighted by Gasteiger charge is -2.26. The van der Waals surface area contributed by atoms with Gasteiger partial charge >= 0.3 is 5.97 Å². The molecule has 0 aliphatic carbocycles. The zero-order chi connectivity index (χ0) is 37.9. The van der Waals surface area contributed by atoms with Crippen molar-refractivity contribution in [2.75, 3.05) is 6.61 Å². The molecule has 12 heteroatoms. The highest BCUT2D eigenvalue weighted by atomic mass is 32.1.